The standard InChI is InChI=1S/C14H15F3N2O2/c1-2-11-13(21)19(12(20)7-18-11)8-9-3-5-10(6-4-9)14(15,16)17/h3-6,11,18H,2,7-8H2,1H3. The third-order valence-electron chi connectivity index (χ3n) is 3.40. The lowest BCUT2D eigenvalue weighted by molar-refractivity contribution is -0.150. The predicted octanol–water partition coefficient (Wildman–Crippen LogP) is 1.94. The molecule has 0 radical (unpaired) electrons. The molecule has 1 aliphatic rings. The zero-order chi connectivity index (χ0) is 15.6. The molecule has 7 heteroatoms. The first kappa shape index (κ1) is 15.5. The normalized spacial score (nSPS) is 20.0. The first-order valence-electron chi connectivity index (χ1n) is 6.56. The summed E-state index contributed by atoms with van der Waals surface area (Å²) in [5, 5.41) is 2.82. The Hall–Kier alpha value is -1.89. The van der Waals surface area contributed by atoms with Gasteiger partial charge in [-0.25, -0.2) is 0 Å². The number of carbonyl (C=O) groups excluding carboxylic acids is 2. The number of hydrogen-bond acceptors (Lipinski definition) is 3. The van der Waals surface area contributed by atoms with E-state index in [1.807, 2.05) is 6.92 Å². The Labute approximate surface area is 119 Å². The molecule has 0 bridgehead atoms. The van der Waals surface area contributed by atoms with Crippen molar-refractivity contribution in [3.05, 3.63) is 35.4 Å². The van der Waals surface area contributed by atoms with Crippen LogP contribution in [0.2, 0.25) is 0 Å². The van der Waals surface area contributed by atoms with Gasteiger partial charge in [-0.2, -0.15) is 13.2 Å². The van der Waals surface area contributed by atoms with Crippen LogP contribution in [0, 0.1) is 0 Å². The number of imide groups is 1. The fourth-order valence-electron chi connectivity index (χ4n) is 2.17. The summed E-state index contributed by atoms with van der Waals surface area (Å²) in [6.07, 6.45) is -3.85. The van der Waals surface area contributed by atoms with Gasteiger partial charge in [0.25, 0.3) is 0 Å². The van der Waals surface area contributed by atoms with Gasteiger partial charge in [0.1, 0.15) is 0 Å². The zero-order valence-electron chi connectivity index (χ0n) is 11.4. The maximum Gasteiger partial charge on any atom is 0.416 e. The Morgan fingerprint density at radius 2 is 1.86 bits per heavy atom. The van der Waals surface area contributed by atoms with E-state index in [-0.39, 0.29) is 24.9 Å². The maximum atomic E-state index is 12.5. The summed E-state index contributed by atoms with van der Waals surface area (Å²) in [5.74, 6) is -0.710. The summed E-state index contributed by atoms with van der Waals surface area (Å²) in [4.78, 5) is 24.9. The van der Waals surface area contributed by atoms with E-state index in [2.05, 4.69) is 5.32 Å². The van der Waals surface area contributed by atoms with E-state index in [1.54, 1.807) is 0 Å². The zero-order valence-corrected chi connectivity index (χ0v) is 11.4. The monoisotopic (exact) mass is 300 g/mol. The Morgan fingerprint density at radius 3 is 2.38 bits per heavy atom. The number of carbonyl (C=O) groups is 2. The molecule has 1 saturated heterocycles. The number of nitrogens with zero attached hydrogens (tertiary/aromatic N) is 1. The molecule has 1 N–H and O–H groups in total. The second-order valence-corrected chi connectivity index (χ2v) is 4.85. The molecule has 4 nitrogen and oxygen atoms in total. The first-order valence-corrected chi connectivity index (χ1v) is 6.56. The molecule has 1 aromatic rings. The van der Waals surface area contributed by atoms with Gasteiger partial charge in [-0.1, -0.05) is 19.1 Å². The largest absolute Gasteiger partial charge is 0.416 e. The van der Waals surface area contributed by atoms with E-state index < -0.39 is 17.8 Å². The molecular weight excluding hydrogens is 285 g/mol. The average molecular weight is 300 g/mol. The highest BCUT2D eigenvalue weighted by Gasteiger charge is 2.33. The quantitative estimate of drug-likeness (QED) is 0.868. The highest BCUT2D eigenvalue weighted by Crippen LogP contribution is 2.29. The molecule has 0 aliphatic carbocycles. The van der Waals surface area contributed by atoms with Crippen molar-refractivity contribution in [2.24, 2.45) is 0 Å². The number of rotatable bonds is 3. The number of amides is 2. The molecular formula is C14H15F3N2O2. The Morgan fingerprint density at radius 1 is 1.24 bits per heavy atom. The first-order chi connectivity index (χ1) is 9.82. The highest BCUT2D eigenvalue weighted by molar-refractivity contribution is 6.01. The minimum Gasteiger partial charge on any atom is -0.297 e. The average Bonchev–Trinajstić information content (AvgIpc) is 2.43. The van der Waals surface area contributed by atoms with Crippen molar-refractivity contribution in [1.82, 2.24) is 10.2 Å². The van der Waals surface area contributed by atoms with Crippen molar-refractivity contribution in [2.75, 3.05) is 6.54 Å². The van der Waals surface area contributed by atoms with E-state index >= 15 is 0 Å². The van der Waals surface area contributed by atoms with Crippen LogP contribution in [0.4, 0.5) is 13.2 Å². The summed E-state index contributed by atoms with van der Waals surface area (Å²) in [6, 6.07) is 4.05. The predicted molar refractivity (Wildman–Crippen MR) is 69.1 cm³/mol. The van der Waals surface area contributed by atoms with Crippen LogP contribution in [-0.4, -0.2) is 29.3 Å². The van der Waals surface area contributed by atoms with E-state index in [9.17, 15) is 22.8 Å². The van der Waals surface area contributed by atoms with Gasteiger partial charge in [-0.3, -0.25) is 19.8 Å². The van der Waals surface area contributed by atoms with Crippen LogP contribution in [-0.2, 0) is 22.3 Å². The second kappa shape index (κ2) is 5.85. The summed E-state index contributed by atoms with van der Waals surface area (Å²) in [5.41, 5.74) is -0.267. The number of alkyl halides is 3. The number of halogens is 3. The van der Waals surface area contributed by atoms with Crippen LogP contribution in [0.25, 0.3) is 0 Å². The molecule has 2 amide bonds. The maximum absolute atomic E-state index is 12.5. The van der Waals surface area contributed by atoms with Gasteiger partial charge in [0.2, 0.25) is 11.8 Å². The SMILES string of the molecule is CCC1NCC(=O)N(Cc2ccc(C(F)(F)F)cc2)C1=O. The van der Waals surface area contributed by atoms with Crippen molar-refractivity contribution in [3.8, 4) is 0 Å². The van der Waals surface area contributed by atoms with Crippen LogP contribution >= 0.6 is 0 Å². The highest BCUT2D eigenvalue weighted by atomic mass is 19.4. The van der Waals surface area contributed by atoms with E-state index in [0.717, 1.165) is 17.0 Å². The molecule has 21 heavy (non-hydrogen) atoms. The third-order valence-corrected chi connectivity index (χ3v) is 3.40. The molecule has 1 fully saturated rings. The summed E-state index contributed by atoms with van der Waals surface area (Å²) >= 11 is 0. The van der Waals surface area contributed by atoms with Gasteiger partial charge < -0.3 is 0 Å². The number of hydrogen-bond donors (Lipinski definition) is 1. The van der Waals surface area contributed by atoms with Crippen molar-refractivity contribution in [1.29, 1.82) is 0 Å². The molecule has 114 valence electrons. The van der Waals surface area contributed by atoms with Crippen molar-refractivity contribution < 1.29 is 22.8 Å². The Bertz CT molecular complexity index is 540. The smallest absolute Gasteiger partial charge is 0.297 e. The van der Waals surface area contributed by atoms with Crippen molar-refractivity contribution in [2.45, 2.75) is 32.1 Å². The lowest BCUT2D eigenvalue weighted by atomic mass is 10.1. The van der Waals surface area contributed by atoms with Crippen LogP contribution in [0.5, 0.6) is 0 Å². The van der Waals surface area contributed by atoms with E-state index in [0.29, 0.717) is 12.0 Å². The van der Waals surface area contributed by atoms with Gasteiger partial charge in [0, 0.05) is 0 Å². The molecule has 1 heterocycles. The molecule has 0 aromatic heterocycles. The van der Waals surface area contributed by atoms with Gasteiger partial charge in [0.15, 0.2) is 0 Å². The van der Waals surface area contributed by atoms with Crippen LogP contribution in [0.15, 0.2) is 24.3 Å². The van der Waals surface area contributed by atoms with Gasteiger partial charge in [-0.05, 0) is 24.1 Å². The molecule has 2 rings (SSSR count). The minimum atomic E-state index is -4.40. The topological polar surface area (TPSA) is 49.4 Å². The van der Waals surface area contributed by atoms with E-state index in [1.165, 1.54) is 12.1 Å². The molecule has 0 saturated carbocycles. The Kier molecular flexibility index (Phi) is 4.32. The summed E-state index contributed by atoms with van der Waals surface area (Å²) in [7, 11) is 0. The number of piperazine rings is 1. The van der Waals surface area contributed by atoms with Gasteiger partial charge in [-0.15, -0.1) is 0 Å². The lowest BCUT2D eigenvalue weighted by Crippen LogP contribution is -2.57. The number of benzene rings is 1. The van der Waals surface area contributed by atoms with Crippen molar-refractivity contribution in [3.63, 3.8) is 0 Å². The van der Waals surface area contributed by atoms with Crippen LogP contribution < -0.4 is 5.32 Å². The fraction of sp³-hybridized carbons (Fsp3) is 0.429. The van der Waals surface area contributed by atoms with Gasteiger partial charge >= 0.3 is 6.18 Å². The van der Waals surface area contributed by atoms with E-state index in [4.69, 9.17) is 0 Å². The molecule has 0 spiro atoms. The molecule has 1 unspecified atom stereocenters. The van der Waals surface area contributed by atoms with Crippen molar-refractivity contribution >= 4 is 11.8 Å². The summed E-state index contributed by atoms with van der Waals surface area (Å²) in [6.45, 7) is 1.88. The second-order valence-electron chi connectivity index (χ2n) is 4.85. The fourth-order valence-corrected chi connectivity index (χ4v) is 2.17. The third kappa shape index (κ3) is 3.41. The molecule has 1 atom stereocenters. The molecule has 1 aromatic carbocycles. The number of nitrogens with one attached hydrogen (secondary N) is 1. The summed E-state index contributed by atoms with van der Waals surface area (Å²) < 4.78 is 37.4. The van der Waals surface area contributed by atoms with Gasteiger partial charge in [0.05, 0.1) is 24.7 Å². The molecule has 1 aliphatic heterocycles. The minimum absolute atomic E-state index is 0.00597. The Balaban J connectivity index is 2.13. The lowest BCUT2D eigenvalue weighted by Gasteiger charge is -2.31. The van der Waals surface area contributed by atoms with Crippen LogP contribution in [0.3, 0.4) is 0 Å². The van der Waals surface area contributed by atoms with Crippen LogP contribution in [0.1, 0.15) is 24.5 Å².